The maximum absolute atomic E-state index is 13.1. The van der Waals surface area contributed by atoms with Crippen molar-refractivity contribution in [1.29, 1.82) is 0 Å². The van der Waals surface area contributed by atoms with E-state index in [1.54, 1.807) is 4.90 Å². The maximum atomic E-state index is 13.1. The van der Waals surface area contributed by atoms with E-state index in [0.29, 0.717) is 11.1 Å². The van der Waals surface area contributed by atoms with Gasteiger partial charge < -0.3 is 10.2 Å². The lowest BCUT2D eigenvalue weighted by Gasteiger charge is -2.21. The van der Waals surface area contributed by atoms with Crippen molar-refractivity contribution in [1.82, 2.24) is 10.4 Å². The van der Waals surface area contributed by atoms with E-state index < -0.39 is 29.0 Å². The monoisotopic (exact) mass is 338 g/mol. The number of nitrogens with one attached hydrogen (secondary N) is 1. The van der Waals surface area contributed by atoms with Crippen molar-refractivity contribution < 1.29 is 29.0 Å². The van der Waals surface area contributed by atoms with Gasteiger partial charge in [-0.05, 0) is 35.4 Å². The molecule has 0 aliphatic carbocycles. The number of amides is 1. The van der Waals surface area contributed by atoms with Gasteiger partial charge in [0.05, 0.1) is 6.54 Å². The Balaban J connectivity index is 2.18. The first-order valence-corrected chi connectivity index (χ1v) is 6.99. The molecular weight excluding hydrogens is 322 g/mol. The summed E-state index contributed by atoms with van der Waals surface area (Å²) in [5.74, 6) is -3.23. The molecule has 6 nitrogen and oxygen atoms in total. The summed E-state index contributed by atoms with van der Waals surface area (Å²) in [4.78, 5) is 13.0. The zero-order chi connectivity index (χ0) is 17.7. The first-order valence-electron chi connectivity index (χ1n) is 6.99. The number of hydroxylamine groups is 1. The summed E-state index contributed by atoms with van der Waals surface area (Å²) < 4.78 is 26.2. The molecule has 4 N–H and O–H groups in total. The van der Waals surface area contributed by atoms with Gasteiger partial charge in [0.2, 0.25) is 0 Å². The normalized spacial score (nSPS) is 10.8. The van der Waals surface area contributed by atoms with Crippen molar-refractivity contribution in [2.75, 3.05) is 6.54 Å². The van der Waals surface area contributed by atoms with Gasteiger partial charge in [0.25, 0.3) is 5.91 Å². The predicted molar refractivity (Wildman–Crippen MR) is 80.2 cm³/mol. The van der Waals surface area contributed by atoms with Crippen LogP contribution in [0.3, 0.4) is 0 Å². The number of benzene rings is 2. The van der Waals surface area contributed by atoms with Gasteiger partial charge in [-0.2, -0.15) is 0 Å². The number of phenolic OH excluding ortho intramolecular Hbond substituents is 2. The summed E-state index contributed by atoms with van der Waals surface area (Å²) in [6.45, 7) is 0.103. The van der Waals surface area contributed by atoms with Gasteiger partial charge in [-0.3, -0.25) is 14.9 Å². The summed E-state index contributed by atoms with van der Waals surface area (Å²) in [5.41, 5.74) is 2.58. The minimum absolute atomic E-state index is 0.152. The van der Waals surface area contributed by atoms with Crippen LogP contribution in [0, 0.1) is 11.6 Å². The molecule has 24 heavy (non-hydrogen) atoms. The quantitative estimate of drug-likeness (QED) is 0.477. The zero-order valence-electron chi connectivity index (χ0n) is 12.5. The molecule has 0 aliphatic heterocycles. The largest absolute Gasteiger partial charge is 0.505 e. The number of hydrogen-bond donors (Lipinski definition) is 4. The molecular formula is C16H16F2N2O4. The number of carbonyl (C=O) groups excluding carboxylic acids is 1. The third-order valence-corrected chi connectivity index (χ3v) is 3.33. The van der Waals surface area contributed by atoms with Crippen LogP contribution in [0.1, 0.15) is 11.1 Å². The van der Waals surface area contributed by atoms with E-state index in [-0.39, 0.29) is 19.6 Å². The molecule has 0 fully saturated rings. The van der Waals surface area contributed by atoms with E-state index >= 15 is 0 Å². The van der Waals surface area contributed by atoms with Crippen LogP contribution >= 0.6 is 0 Å². The van der Waals surface area contributed by atoms with Crippen molar-refractivity contribution >= 4 is 5.91 Å². The van der Waals surface area contributed by atoms with Crippen LogP contribution in [0.25, 0.3) is 0 Å². The highest BCUT2D eigenvalue weighted by molar-refractivity contribution is 5.76. The molecule has 0 aliphatic rings. The van der Waals surface area contributed by atoms with Gasteiger partial charge in [-0.1, -0.05) is 12.1 Å². The van der Waals surface area contributed by atoms with Crippen molar-refractivity contribution in [2.24, 2.45) is 0 Å². The minimum atomic E-state index is -0.762. The Labute approximate surface area is 136 Å². The second-order valence-corrected chi connectivity index (χ2v) is 5.25. The third kappa shape index (κ3) is 4.64. The van der Waals surface area contributed by atoms with Crippen molar-refractivity contribution in [3.05, 3.63) is 59.2 Å². The van der Waals surface area contributed by atoms with E-state index in [1.165, 1.54) is 29.7 Å². The highest BCUT2D eigenvalue weighted by Gasteiger charge is 2.14. The number of hydrogen-bond acceptors (Lipinski definition) is 5. The van der Waals surface area contributed by atoms with Crippen LogP contribution in [-0.2, 0) is 17.9 Å². The van der Waals surface area contributed by atoms with Crippen LogP contribution in [0.15, 0.2) is 36.4 Å². The van der Waals surface area contributed by atoms with Crippen LogP contribution < -0.4 is 5.48 Å². The van der Waals surface area contributed by atoms with Crippen LogP contribution in [0.2, 0.25) is 0 Å². The van der Waals surface area contributed by atoms with E-state index in [0.717, 1.165) is 12.1 Å². The van der Waals surface area contributed by atoms with E-state index in [2.05, 4.69) is 0 Å². The fourth-order valence-corrected chi connectivity index (χ4v) is 2.24. The predicted octanol–water partition coefficient (Wildman–Crippen LogP) is 1.88. The molecule has 0 spiro atoms. The smallest absolute Gasteiger partial charge is 0.257 e. The molecule has 0 aromatic heterocycles. The lowest BCUT2D eigenvalue weighted by molar-refractivity contribution is -0.130. The van der Waals surface area contributed by atoms with Gasteiger partial charge >= 0.3 is 0 Å². The van der Waals surface area contributed by atoms with E-state index in [1.807, 2.05) is 0 Å². The highest BCUT2D eigenvalue weighted by Crippen LogP contribution is 2.21. The van der Waals surface area contributed by atoms with Crippen molar-refractivity contribution in [3.63, 3.8) is 0 Å². The van der Waals surface area contributed by atoms with Crippen molar-refractivity contribution in [3.8, 4) is 11.5 Å². The summed E-state index contributed by atoms with van der Waals surface area (Å²) in [7, 11) is 0. The molecule has 0 atom stereocenters. The SMILES string of the molecule is O=C(CN(Cc1ccc(F)c(O)c1)Cc1ccc(F)c(O)c1)NO. The Morgan fingerprint density at radius 3 is 1.79 bits per heavy atom. The Kier molecular flexibility index (Phi) is 5.67. The Morgan fingerprint density at radius 2 is 1.42 bits per heavy atom. The standard InChI is InChI=1S/C16H16F2N2O4/c17-12-3-1-10(5-14(12)21)7-20(9-16(23)19-24)8-11-2-4-13(18)15(22)6-11/h1-6,21-22,24H,7-9H2,(H,19,23). The molecule has 0 heterocycles. The number of aromatic hydroxyl groups is 2. The van der Waals surface area contributed by atoms with E-state index in [4.69, 9.17) is 5.21 Å². The molecule has 1 amide bonds. The molecule has 0 saturated heterocycles. The number of nitrogens with zero attached hydrogens (tertiary/aromatic N) is 1. The summed E-state index contributed by atoms with van der Waals surface area (Å²) in [6.07, 6.45) is 0. The second kappa shape index (κ2) is 7.71. The molecule has 0 bridgehead atoms. The number of phenols is 2. The third-order valence-electron chi connectivity index (χ3n) is 3.33. The lowest BCUT2D eigenvalue weighted by Crippen LogP contribution is -2.35. The van der Waals surface area contributed by atoms with Crippen LogP contribution in [-0.4, -0.2) is 32.8 Å². The molecule has 0 radical (unpaired) electrons. The molecule has 128 valence electrons. The first-order chi connectivity index (χ1) is 11.4. The van der Waals surface area contributed by atoms with Gasteiger partial charge in [-0.25, -0.2) is 14.3 Å². The number of carbonyl (C=O) groups is 1. The van der Waals surface area contributed by atoms with Crippen LogP contribution in [0.4, 0.5) is 8.78 Å². The topological polar surface area (TPSA) is 93.0 Å². The molecule has 0 saturated carbocycles. The van der Waals surface area contributed by atoms with Gasteiger partial charge in [0, 0.05) is 13.1 Å². The molecule has 2 aromatic rings. The van der Waals surface area contributed by atoms with Gasteiger partial charge in [-0.15, -0.1) is 0 Å². The zero-order valence-corrected chi connectivity index (χ0v) is 12.5. The van der Waals surface area contributed by atoms with E-state index in [9.17, 15) is 23.8 Å². The minimum Gasteiger partial charge on any atom is -0.505 e. The summed E-state index contributed by atoms with van der Waals surface area (Å²) >= 11 is 0. The van der Waals surface area contributed by atoms with Crippen LogP contribution in [0.5, 0.6) is 11.5 Å². The Bertz CT molecular complexity index is 687. The summed E-state index contributed by atoms with van der Waals surface area (Å²) in [6, 6.07) is 7.53. The average molecular weight is 338 g/mol. The highest BCUT2D eigenvalue weighted by atomic mass is 19.1. The Hall–Kier alpha value is -2.71. The lowest BCUT2D eigenvalue weighted by atomic mass is 10.1. The molecule has 2 rings (SSSR count). The molecule has 8 heteroatoms. The van der Waals surface area contributed by atoms with Crippen molar-refractivity contribution in [2.45, 2.75) is 13.1 Å². The fourth-order valence-electron chi connectivity index (χ4n) is 2.24. The van der Waals surface area contributed by atoms with Gasteiger partial charge in [0.1, 0.15) is 0 Å². The first kappa shape index (κ1) is 17.6. The fraction of sp³-hybridized carbons (Fsp3) is 0.188. The summed E-state index contributed by atoms with van der Waals surface area (Å²) in [5, 5.41) is 27.5. The molecule has 2 aromatic carbocycles. The average Bonchev–Trinajstić information content (AvgIpc) is 2.54. The molecule has 0 unspecified atom stereocenters. The Morgan fingerprint density at radius 1 is 0.958 bits per heavy atom. The number of halogens is 2. The second-order valence-electron chi connectivity index (χ2n) is 5.25. The maximum Gasteiger partial charge on any atom is 0.257 e. The number of rotatable bonds is 6. The van der Waals surface area contributed by atoms with Gasteiger partial charge in [0.15, 0.2) is 23.1 Å².